The molecule has 0 rings (SSSR count). The molecule has 0 fully saturated rings. The van der Waals surface area contributed by atoms with Crippen molar-refractivity contribution in [1.29, 1.82) is 0 Å². The largest absolute Gasteiger partial charge is 0.463 e. The Morgan fingerprint density at radius 1 is 1.10 bits per heavy atom. The molecule has 0 heterocycles. The summed E-state index contributed by atoms with van der Waals surface area (Å²) in [5, 5.41) is 0. The Morgan fingerprint density at radius 2 is 1.71 bits per heavy atom. The highest BCUT2D eigenvalue weighted by Gasteiger charge is 2.08. The normalized spacial score (nSPS) is 15.0. The van der Waals surface area contributed by atoms with Crippen LogP contribution in [0.15, 0.2) is 22.8 Å². The first-order chi connectivity index (χ1) is 9.77. The third kappa shape index (κ3) is 9.49. The van der Waals surface area contributed by atoms with Crippen molar-refractivity contribution in [2.24, 2.45) is 11.8 Å². The molecule has 0 spiro atoms. The van der Waals surface area contributed by atoms with Crippen LogP contribution in [0.2, 0.25) is 0 Å². The van der Waals surface area contributed by atoms with Gasteiger partial charge in [0.2, 0.25) is 0 Å². The number of carbonyl (C=O) groups is 1. The van der Waals surface area contributed by atoms with Gasteiger partial charge in [-0.2, -0.15) is 0 Å². The van der Waals surface area contributed by atoms with Crippen LogP contribution in [-0.2, 0) is 9.53 Å². The molecule has 0 saturated heterocycles. The average molecular weight is 294 g/mol. The molecular formula is C19H34O2. The summed E-state index contributed by atoms with van der Waals surface area (Å²) in [5.41, 5.74) is 3.61. The zero-order valence-corrected chi connectivity index (χ0v) is 15.1. The molecule has 0 saturated carbocycles. The second-order valence-corrected chi connectivity index (χ2v) is 6.62. The smallest absolute Gasteiger partial charge is 0.331 e. The van der Waals surface area contributed by atoms with E-state index < -0.39 is 0 Å². The van der Waals surface area contributed by atoms with E-state index in [1.54, 1.807) is 6.08 Å². The first-order valence-corrected chi connectivity index (χ1v) is 8.29. The summed E-state index contributed by atoms with van der Waals surface area (Å²) >= 11 is 0. The molecule has 21 heavy (non-hydrogen) atoms. The van der Waals surface area contributed by atoms with Crippen LogP contribution in [0.3, 0.4) is 0 Å². The fraction of sp³-hybridized carbons (Fsp3) is 0.737. The van der Waals surface area contributed by atoms with Crippen LogP contribution in [0.25, 0.3) is 0 Å². The van der Waals surface area contributed by atoms with Gasteiger partial charge in [-0.05, 0) is 57.1 Å². The highest BCUT2D eigenvalue weighted by atomic mass is 16.5. The molecule has 0 amide bonds. The zero-order valence-electron chi connectivity index (χ0n) is 15.1. The molecular weight excluding hydrogens is 260 g/mol. The first kappa shape index (κ1) is 19.9. The van der Waals surface area contributed by atoms with Crippen molar-refractivity contribution in [2.75, 3.05) is 6.61 Å². The standard InChI is InChI=1S/C19H34O2/c1-8-21-19(20)13-17(6)18(7)16(5)12-15(4)11-9-10-14(2)3/h13-15H,8-12H2,1-7H3. The number of rotatable bonds is 9. The molecule has 1 atom stereocenters. The van der Waals surface area contributed by atoms with Gasteiger partial charge in [0.1, 0.15) is 0 Å². The Kier molecular flexibility index (Phi) is 10.1. The third-order valence-corrected chi connectivity index (χ3v) is 3.99. The molecule has 0 aromatic rings. The first-order valence-electron chi connectivity index (χ1n) is 8.29. The van der Waals surface area contributed by atoms with Gasteiger partial charge in [-0.15, -0.1) is 0 Å². The zero-order chi connectivity index (χ0) is 16.4. The molecule has 0 aromatic heterocycles. The fourth-order valence-electron chi connectivity index (χ4n) is 2.46. The Morgan fingerprint density at radius 3 is 2.24 bits per heavy atom. The van der Waals surface area contributed by atoms with Crippen LogP contribution in [0.1, 0.15) is 74.1 Å². The summed E-state index contributed by atoms with van der Waals surface area (Å²) < 4.78 is 4.96. The van der Waals surface area contributed by atoms with Crippen LogP contribution in [0.5, 0.6) is 0 Å². The highest BCUT2D eigenvalue weighted by molar-refractivity contribution is 5.83. The van der Waals surface area contributed by atoms with E-state index in [0.29, 0.717) is 12.5 Å². The lowest BCUT2D eigenvalue weighted by Gasteiger charge is -2.15. The van der Waals surface area contributed by atoms with E-state index >= 15 is 0 Å². The number of carbonyl (C=O) groups excluding carboxylic acids is 1. The number of esters is 1. The van der Waals surface area contributed by atoms with Gasteiger partial charge in [0.15, 0.2) is 0 Å². The summed E-state index contributed by atoms with van der Waals surface area (Å²) in [5.74, 6) is 1.26. The van der Waals surface area contributed by atoms with E-state index in [1.807, 2.05) is 13.8 Å². The van der Waals surface area contributed by atoms with Gasteiger partial charge in [0, 0.05) is 6.08 Å². The van der Waals surface area contributed by atoms with Gasteiger partial charge in [0.25, 0.3) is 0 Å². The number of hydrogen-bond donors (Lipinski definition) is 0. The second-order valence-electron chi connectivity index (χ2n) is 6.62. The van der Waals surface area contributed by atoms with E-state index in [2.05, 4.69) is 34.6 Å². The quantitative estimate of drug-likeness (QED) is 0.310. The van der Waals surface area contributed by atoms with Crippen LogP contribution in [-0.4, -0.2) is 12.6 Å². The maximum absolute atomic E-state index is 11.5. The van der Waals surface area contributed by atoms with Crippen LogP contribution >= 0.6 is 0 Å². The van der Waals surface area contributed by atoms with E-state index in [0.717, 1.165) is 17.9 Å². The Labute approximate surface area is 131 Å². The number of ether oxygens (including phenoxy) is 1. The van der Waals surface area contributed by atoms with E-state index in [1.165, 1.54) is 30.4 Å². The maximum atomic E-state index is 11.5. The van der Waals surface area contributed by atoms with Crippen LogP contribution in [0, 0.1) is 11.8 Å². The average Bonchev–Trinajstić information content (AvgIpc) is 2.37. The lowest BCUT2D eigenvalue weighted by Crippen LogP contribution is -2.02. The monoisotopic (exact) mass is 294 g/mol. The van der Waals surface area contributed by atoms with Crippen LogP contribution < -0.4 is 0 Å². The minimum Gasteiger partial charge on any atom is -0.463 e. The highest BCUT2D eigenvalue weighted by Crippen LogP contribution is 2.23. The molecule has 0 aliphatic carbocycles. The number of allylic oxidation sites excluding steroid dienone is 3. The van der Waals surface area contributed by atoms with Gasteiger partial charge in [-0.1, -0.05) is 45.6 Å². The SMILES string of the molecule is CCOC(=O)C=C(C)C(C)=C(C)CC(C)CCCC(C)C. The predicted molar refractivity (Wildman–Crippen MR) is 91.2 cm³/mol. The minimum absolute atomic E-state index is 0.243. The lowest BCUT2D eigenvalue weighted by atomic mass is 9.91. The van der Waals surface area contributed by atoms with Gasteiger partial charge in [-0.25, -0.2) is 4.79 Å². The summed E-state index contributed by atoms with van der Waals surface area (Å²) in [6.45, 7) is 15.4. The molecule has 0 radical (unpaired) electrons. The second kappa shape index (κ2) is 10.6. The Hall–Kier alpha value is -1.05. The summed E-state index contributed by atoms with van der Waals surface area (Å²) in [4.78, 5) is 11.5. The van der Waals surface area contributed by atoms with Gasteiger partial charge < -0.3 is 4.74 Å². The lowest BCUT2D eigenvalue weighted by molar-refractivity contribution is -0.137. The molecule has 122 valence electrons. The summed E-state index contributed by atoms with van der Waals surface area (Å²) in [6, 6.07) is 0. The van der Waals surface area contributed by atoms with E-state index in [4.69, 9.17) is 4.74 Å². The van der Waals surface area contributed by atoms with Gasteiger partial charge in [0.05, 0.1) is 6.61 Å². The van der Waals surface area contributed by atoms with Gasteiger partial charge >= 0.3 is 5.97 Å². The molecule has 0 aromatic carbocycles. The van der Waals surface area contributed by atoms with Crippen molar-refractivity contribution in [1.82, 2.24) is 0 Å². The van der Waals surface area contributed by atoms with Crippen molar-refractivity contribution in [3.8, 4) is 0 Å². The topological polar surface area (TPSA) is 26.3 Å². The molecule has 0 aliphatic rings. The van der Waals surface area contributed by atoms with Gasteiger partial charge in [-0.3, -0.25) is 0 Å². The molecule has 0 N–H and O–H groups in total. The molecule has 2 nitrogen and oxygen atoms in total. The van der Waals surface area contributed by atoms with Crippen molar-refractivity contribution < 1.29 is 9.53 Å². The molecule has 2 heteroatoms. The summed E-state index contributed by atoms with van der Waals surface area (Å²) in [6.07, 6.45) is 6.61. The third-order valence-electron chi connectivity index (χ3n) is 3.99. The number of hydrogen-bond acceptors (Lipinski definition) is 2. The predicted octanol–water partition coefficient (Wildman–Crippen LogP) is 5.68. The molecule has 0 bridgehead atoms. The van der Waals surface area contributed by atoms with E-state index in [-0.39, 0.29) is 5.97 Å². The Bertz CT molecular complexity index is 375. The van der Waals surface area contributed by atoms with Crippen molar-refractivity contribution in [2.45, 2.75) is 74.1 Å². The van der Waals surface area contributed by atoms with Crippen molar-refractivity contribution in [3.63, 3.8) is 0 Å². The van der Waals surface area contributed by atoms with Crippen LogP contribution in [0.4, 0.5) is 0 Å². The van der Waals surface area contributed by atoms with E-state index in [9.17, 15) is 4.79 Å². The summed E-state index contributed by atoms with van der Waals surface area (Å²) in [7, 11) is 0. The minimum atomic E-state index is -0.243. The maximum Gasteiger partial charge on any atom is 0.331 e. The Balaban J connectivity index is 4.50. The molecule has 0 aliphatic heterocycles. The molecule has 1 unspecified atom stereocenters. The fourth-order valence-corrected chi connectivity index (χ4v) is 2.46. The van der Waals surface area contributed by atoms with Crippen molar-refractivity contribution in [3.05, 3.63) is 22.8 Å². The van der Waals surface area contributed by atoms with Crippen molar-refractivity contribution >= 4 is 5.97 Å².